The van der Waals surface area contributed by atoms with E-state index in [4.69, 9.17) is 9.15 Å². The second kappa shape index (κ2) is 9.24. The van der Waals surface area contributed by atoms with Crippen molar-refractivity contribution >= 4 is 29.2 Å². The van der Waals surface area contributed by atoms with Crippen LogP contribution < -0.4 is 5.32 Å². The van der Waals surface area contributed by atoms with Gasteiger partial charge in [-0.1, -0.05) is 42.5 Å². The number of ether oxygens (including phenoxy) is 1. The highest BCUT2D eigenvalue weighted by Crippen LogP contribution is 2.23. The van der Waals surface area contributed by atoms with Gasteiger partial charge in [-0.3, -0.25) is 9.59 Å². The van der Waals surface area contributed by atoms with Crippen LogP contribution >= 0.6 is 0 Å². The summed E-state index contributed by atoms with van der Waals surface area (Å²) in [5.41, 5.74) is 2.13. The molecule has 1 fully saturated rings. The lowest BCUT2D eigenvalue weighted by molar-refractivity contribution is -0.111. The van der Waals surface area contributed by atoms with E-state index in [1.165, 1.54) is 0 Å². The van der Waals surface area contributed by atoms with Gasteiger partial charge in [0.15, 0.2) is 0 Å². The third-order valence-corrected chi connectivity index (χ3v) is 4.86. The Morgan fingerprint density at radius 1 is 0.900 bits per heavy atom. The van der Waals surface area contributed by atoms with Gasteiger partial charge in [0, 0.05) is 13.1 Å². The van der Waals surface area contributed by atoms with Crippen molar-refractivity contribution in [1.82, 2.24) is 4.90 Å². The minimum atomic E-state index is -0.320. The third-order valence-electron chi connectivity index (χ3n) is 4.86. The van der Waals surface area contributed by atoms with Crippen molar-refractivity contribution in [2.24, 2.45) is 0 Å². The van der Waals surface area contributed by atoms with E-state index in [1.807, 2.05) is 30.3 Å². The van der Waals surface area contributed by atoms with Gasteiger partial charge in [-0.15, -0.1) is 0 Å². The normalized spacial score (nSPS) is 14.4. The molecule has 2 amide bonds. The maximum atomic E-state index is 13.2. The molecule has 2 aromatic carbocycles. The number of carbonyl (C=O) groups is 2. The van der Waals surface area contributed by atoms with Gasteiger partial charge in [0.1, 0.15) is 5.76 Å². The number of rotatable bonds is 5. The first-order valence-corrected chi connectivity index (χ1v) is 9.80. The van der Waals surface area contributed by atoms with Gasteiger partial charge in [0.05, 0.1) is 36.3 Å². The second-order valence-corrected chi connectivity index (χ2v) is 6.84. The number of hydrogen-bond donors (Lipinski definition) is 1. The molecule has 0 saturated carbocycles. The Morgan fingerprint density at radius 2 is 1.63 bits per heavy atom. The molecule has 0 atom stereocenters. The molecule has 3 aromatic rings. The predicted molar refractivity (Wildman–Crippen MR) is 115 cm³/mol. The van der Waals surface area contributed by atoms with E-state index < -0.39 is 0 Å². The third kappa shape index (κ3) is 4.50. The number of morpholine rings is 1. The van der Waals surface area contributed by atoms with Crippen LogP contribution in [0, 0.1) is 0 Å². The SMILES string of the molecule is O=C(Nc1ccccc1C(=O)N1CCOCC1)/C(=C\c1ccco1)c1ccccc1. The minimum Gasteiger partial charge on any atom is -0.465 e. The molecule has 6 heteroatoms. The van der Waals surface area contributed by atoms with Crippen molar-refractivity contribution in [3.8, 4) is 0 Å². The standard InChI is InChI=1S/C24H22N2O4/c27-23(21(17-19-9-6-14-30-19)18-7-2-1-3-8-18)25-22-11-5-4-10-20(22)24(28)26-12-15-29-16-13-26/h1-11,14,17H,12-13,15-16H2,(H,25,27)/b21-17-. The molecular weight excluding hydrogens is 380 g/mol. The molecule has 1 aliphatic heterocycles. The average molecular weight is 402 g/mol. The van der Waals surface area contributed by atoms with Crippen LogP contribution in [0.15, 0.2) is 77.4 Å². The Labute approximate surface area is 174 Å². The molecule has 2 heterocycles. The summed E-state index contributed by atoms with van der Waals surface area (Å²) in [6, 6.07) is 20.0. The van der Waals surface area contributed by atoms with Crippen LogP contribution in [0.2, 0.25) is 0 Å². The lowest BCUT2D eigenvalue weighted by atomic mass is 10.0. The predicted octanol–water partition coefficient (Wildman–Crippen LogP) is 3.93. The van der Waals surface area contributed by atoms with Crippen LogP contribution in [-0.2, 0) is 9.53 Å². The molecule has 0 unspecified atom stereocenters. The number of anilines is 1. The molecule has 152 valence electrons. The van der Waals surface area contributed by atoms with E-state index in [0.717, 1.165) is 5.56 Å². The Balaban J connectivity index is 1.63. The zero-order valence-corrected chi connectivity index (χ0v) is 16.4. The van der Waals surface area contributed by atoms with Crippen LogP contribution in [0.4, 0.5) is 5.69 Å². The molecule has 0 aliphatic carbocycles. The summed E-state index contributed by atoms with van der Waals surface area (Å²) in [5.74, 6) is 0.131. The van der Waals surface area contributed by atoms with Crippen molar-refractivity contribution < 1.29 is 18.7 Å². The Kier molecular flexibility index (Phi) is 6.06. The quantitative estimate of drug-likeness (QED) is 0.657. The van der Waals surface area contributed by atoms with E-state index in [2.05, 4.69) is 5.32 Å². The highest BCUT2D eigenvalue weighted by molar-refractivity contribution is 6.29. The van der Waals surface area contributed by atoms with Crippen LogP contribution in [0.25, 0.3) is 11.6 Å². The Morgan fingerprint density at radius 3 is 2.37 bits per heavy atom. The summed E-state index contributed by atoms with van der Waals surface area (Å²) in [7, 11) is 0. The van der Waals surface area contributed by atoms with Gasteiger partial charge in [0.2, 0.25) is 0 Å². The van der Waals surface area contributed by atoms with Crippen molar-refractivity contribution in [1.29, 1.82) is 0 Å². The summed E-state index contributed by atoms with van der Waals surface area (Å²) in [4.78, 5) is 28.0. The van der Waals surface area contributed by atoms with Crippen LogP contribution in [0.1, 0.15) is 21.7 Å². The smallest absolute Gasteiger partial charge is 0.256 e. The van der Waals surface area contributed by atoms with Gasteiger partial charge in [0.25, 0.3) is 11.8 Å². The van der Waals surface area contributed by atoms with Crippen molar-refractivity contribution in [3.63, 3.8) is 0 Å². The van der Waals surface area contributed by atoms with E-state index in [1.54, 1.807) is 53.6 Å². The first-order chi connectivity index (χ1) is 14.7. The van der Waals surface area contributed by atoms with Crippen LogP contribution in [0.3, 0.4) is 0 Å². The lowest BCUT2D eigenvalue weighted by Crippen LogP contribution is -2.41. The highest BCUT2D eigenvalue weighted by Gasteiger charge is 2.22. The zero-order chi connectivity index (χ0) is 20.8. The second-order valence-electron chi connectivity index (χ2n) is 6.84. The molecule has 0 radical (unpaired) electrons. The van der Waals surface area contributed by atoms with Crippen molar-refractivity contribution in [3.05, 3.63) is 89.9 Å². The minimum absolute atomic E-state index is 0.120. The molecule has 30 heavy (non-hydrogen) atoms. The number of benzene rings is 2. The van der Waals surface area contributed by atoms with Gasteiger partial charge >= 0.3 is 0 Å². The largest absolute Gasteiger partial charge is 0.465 e. The maximum Gasteiger partial charge on any atom is 0.256 e. The summed E-state index contributed by atoms with van der Waals surface area (Å²) in [6.45, 7) is 2.11. The molecule has 0 spiro atoms. The Hall–Kier alpha value is -3.64. The molecule has 4 rings (SSSR count). The fourth-order valence-electron chi connectivity index (χ4n) is 3.32. The molecule has 0 bridgehead atoms. The van der Waals surface area contributed by atoms with Gasteiger partial charge < -0.3 is 19.4 Å². The molecule has 1 N–H and O–H groups in total. The van der Waals surface area contributed by atoms with Crippen LogP contribution in [0.5, 0.6) is 0 Å². The molecule has 1 aromatic heterocycles. The van der Waals surface area contributed by atoms with Crippen molar-refractivity contribution in [2.75, 3.05) is 31.6 Å². The van der Waals surface area contributed by atoms with E-state index >= 15 is 0 Å². The summed E-state index contributed by atoms with van der Waals surface area (Å²) in [6.07, 6.45) is 3.25. The first-order valence-electron chi connectivity index (χ1n) is 9.80. The summed E-state index contributed by atoms with van der Waals surface area (Å²) < 4.78 is 10.7. The van der Waals surface area contributed by atoms with E-state index in [0.29, 0.717) is 48.9 Å². The first kappa shape index (κ1) is 19.7. The zero-order valence-electron chi connectivity index (χ0n) is 16.4. The van der Waals surface area contributed by atoms with Gasteiger partial charge in [-0.2, -0.15) is 0 Å². The topological polar surface area (TPSA) is 71.8 Å². The highest BCUT2D eigenvalue weighted by atomic mass is 16.5. The fraction of sp³-hybridized carbons (Fsp3) is 0.167. The monoisotopic (exact) mass is 402 g/mol. The van der Waals surface area contributed by atoms with E-state index in [-0.39, 0.29) is 11.8 Å². The summed E-state index contributed by atoms with van der Waals surface area (Å²) >= 11 is 0. The number of para-hydroxylation sites is 1. The fourth-order valence-corrected chi connectivity index (χ4v) is 3.32. The number of furan rings is 1. The van der Waals surface area contributed by atoms with Gasteiger partial charge in [-0.25, -0.2) is 0 Å². The Bertz CT molecular complexity index is 1040. The number of nitrogens with one attached hydrogen (secondary N) is 1. The molecule has 1 saturated heterocycles. The lowest BCUT2D eigenvalue weighted by Gasteiger charge is -2.27. The van der Waals surface area contributed by atoms with E-state index in [9.17, 15) is 9.59 Å². The number of amides is 2. The number of hydrogen-bond acceptors (Lipinski definition) is 4. The van der Waals surface area contributed by atoms with Crippen LogP contribution in [-0.4, -0.2) is 43.0 Å². The van der Waals surface area contributed by atoms with Gasteiger partial charge in [-0.05, 0) is 35.9 Å². The average Bonchev–Trinajstić information content (AvgIpc) is 3.32. The summed E-state index contributed by atoms with van der Waals surface area (Å²) in [5, 5.41) is 2.91. The molecule has 6 nitrogen and oxygen atoms in total. The molecule has 1 aliphatic rings. The molecular formula is C24H22N2O4. The number of carbonyl (C=O) groups excluding carboxylic acids is 2. The number of nitrogens with zero attached hydrogens (tertiary/aromatic N) is 1. The maximum absolute atomic E-state index is 13.2. The van der Waals surface area contributed by atoms with Crippen molar-refractivity contribution in [2.45, 2.75) is 0 Å².